The van der Waals surface area contributed by atoms with E-state index >= 15 is 0 Å². The molecular formula is C16H22N4O6S. The number of carbonyl (C=O) groups is 2. The Bertz CT molecular complexity index is 923. The average molecular weight is 398 g/mol. The Morgan fingerprint density at radius 3 is 2.48 bits per heavy atom. The summed E-state index contributed by atoms with van der Waals surface area (Å²) in [6.07, 6.45) is 1.29. The Hall–Kier alpha value is -1.98. The van der Waals surface area contributed by atoms with Gasteiger partial charge in [0.05, 0.1) is 24.6 Å². The summed E-state index contributed by atoms with van der Waals surface area (Å²) in [6.45, 7) is -0.173. The second kappa shape index (κ2) is 5.76. The molecule has 148 valence electrons. The quantitative estimate of drug-likeness (QED) is 0.576. The van der Waals surface area contributed by atoms with Crippen molar-refractivity contribution in [2.75, 3.05) is 32.9 Å². The number of aliphatic hydroxyl groups excluding tert-OH is 1. The number of nitrogens with zero attached hydrogens (tertiary/aromatic N) is 3. The van der Waals surface area contributed by atoms with E-state index in [0.29, 0.717) is 24.8 Å². The zero-order chi connectivity index (χ0) is 19.6. The molecule has 0 unspecified atom stereocenters. The molecular weight excluding hydrogens is 376 g/mol. The monoisotopic (exact) mass is 398 g/mol. The van der Waals surface area contributed by atoms with E-state index in [1.807, 2.05) is 0 Å². The Labute approximate surface area is 156 Å². The lowest BCUT2D eigenvalue weighted by molar-refractivity contribution is -0.0374. The van der Waals surface area contributed by atoms with Crippen molar-refractivity contribution in [3.05, 3.63) is 17.0 Å². The minimum absolute atomic E-state index is 0.0185. The molecule has 27 heavy (non-hydrogen) atoms. The zero-order valence-corrected chi connectivity index (χ0v) is 15.8. The normalized spacial score (nSPS) is 22.9. The van der Waals surface area contributed by atoms with Crippen molar-refractivity contribution >= 4 is 21.7 Å². The third kappa shape index (κ3) is 2.38. The minimum atomic E-state index is -3.69. The molecule has 0 radical (unpaired) electrons. The van der Waals surface area contributed by atoms with Gasteiger partial charge in [0.2, 0.25) is 0 Å². The van der Waals surface area contributed by atoms with Gasteiger partial charge in [-0.05, 0) is 19.3 Å². The van der Waals surface area contributed by atoms with Gasteiger partial charge in [-0.15, -0.1) is 0 Å². The predicted molar refractivity (Wildman–Crippen MR) is 92.9 cm³/mol. The standard InChI is InChI=1S/C16H22N4O6S/c1-19-12-10(11(18-19)13(17)22)2-5-20(14(12)23)6-15(3-4-15)27(24,25)16(7-21)8-26-9-16/h21H,2-9H2,1H3,(H2,17,22). The fourth-order valence-electron chi connectivity index (χ4n) is 4.04. The number of aryl methyl sites for hydroxylation is 1. The predicted octanol–water partition coefficient (Wildman–Crippen LogP) is -1.77. The summed E-state index contributed by atoms with van der Waals surface area (Å²) < 4.78 is 30.4. The summed E-state index contributed by atoms with van der Waals surface area (Å²) in [5.41, 5.74) is 6.20. The maximum Gasteiger partial charge on any atom is 0.272 e. The molecule has 3 aliphatic rings. The molecule has 3 heterocycles. The van der Waals surface area contributed by atoms with Crippen LogP contribution in [0.2, 0.25) is 0 Å². The number of carbonyl (C=O) groups excluding carboxylic acids is 2. The minimum Gasteiger partial charge on any atom is -0.395 e. The van der Waals surface area contributed by atoms with Crippen molar-refractivity contribution in [2.45, 2.75) is 28.8 Å². The van der Waals surface area contributed by atoms with Crippen molar-refractivity contribution in [1.29, 1.82) is 0 Å². The van der Waals surface area contributed by atoms with Gasteiger partial charge in [-0.1, -0.05) is 0 Å². The summed E-state index contributed by atoms with van der Waals surface area (Å²) in [5.74, 6) is -1.05. The number of primary amides is 1. The summed E-state index contributed by atoms with van der Waals surface area (Å²) in [4.78, 5) is 26.0. The summed E-state index contributed by atoms with van der Waals surface area (Å²) in [7, 11) is -2.13. The van der Waals surface area contributed by atoms with E-state index in [1.165, 1.54) is 9.58 Å². The van der Waals surface area contributed by atoms with E-state index in [0.717, 1.165) is 0 Å². The van der Waals surface area contributed by atoms with E-state index < -0.39 is 31.8 Å². The summed E-state index contributed by atoms with van der Waals surface area (Å²) in [6, 6.07) is 0. The molecule has 1 saturated carbocycles. The summed E-state index contributed by atoms with van der Waals surface area (Å²) >= 11 is 0. The molecule has 1 saturated heterocycles. The SMILES string of the molecule is Cn1nc(C(N)=O)c2c1C(=O)N(CC1(S(=O)(=O)C3(CO)COC3)CC1)CC2. The van der Waals surface area contributed by atoms with E-state index in [1.54, 1.807) is 7.05 Å². The smallest absolute Gasteiger partial charge is 0.272 e. The molecule has 0 bridgehead atoms. The molecule has 3 N–H and O–H groups in total. The molecule has 1 aromatic heterocycles. The Morgan fingerprint density at radius 1 is 1.33 bits per heavy atom. The number of ether oxygens (including phenoxy) is 1. The fraction of sp³-hybridized carbons (Fsp3) is 0.688. The zero-order valence-electron chi connectivity index (χ0n) is 15.0. The van der Waals surface area contributed by atoms with Crippen molar-refractivity contribution in [3.63, 3.8) is 0 Å². The molecule has 11 heteroatoms. The van der Waals surface area contributed by atoms with Crippen LogP contribution in [0.1, 0.15) is 39.4 Å². The highest BCUT2D eigenvalue weighted by molar-refractivity contribution is 7.94. The second-order valence-corrected chi connectivity index (χ2v) is 10.4. The number of sulfone groups is 1. The van der Waals surface area contributed by atoms with Crippen molar-refractivity contribution in [2.24, 2.45) is 12.8 Å². The molecule has 10 nitrogen and oxygen atoms in total. The molecule has 0 aromatic carbocycles. The van der Waals surface area contributed by atoms with Gasteiger partial charge < -0.3 is 20.5 Å². The van der Waals surface area contributed by atoms with Crippen LogP contribution < -0.4 is 5.73 Å². The third-order valence-electron chi connectivity index (χ3n) is 5.95. The number of amides is 2. The van der Waals surface area contributed by atoms with Gasteiger partial charge in [0, 0.05) is 25.7 Å². The van der Waals surface area contributed by atoms with Crippen LogP contribution in [0.15, 0.2) is 0 Å². The van der Waals surface area contributed by atoms with Gasteiger partial charge in [0.25, 0.3) is 11.8 Å². The Morgan fingerprint density at radius 2 is 2.00 bits per heavy atom. The topological polar surface area (TPSA) is 145 Å². The van der Waals surface area contributed by atoms with Crippen molar-refractivity contribution < 1.29 is 27.9 Å². The highest BCUT2D eigenvalue weighted by atomic mass is 32.2. The largest absolute Gasteiger partial charge is 0.395 e. The molecule has 0 atom stereocenters. The number of fused-ring (bicyclic) bond motifs is 1. The van der Waals surface area contributed by atoms with Gasteiger partial charge in [-0.25, -0.2) is 8.42 Å². The van der Waals surface area contributed by atoms with Crippen LogP contribution in [0.4, 0.5) is 0 Å². The van der Waals surface area contributed by atoms with Gasteiger partial charge >= 0.3 is 0 Å². The molecule has 4 rings (SSSR count). The molecule has 1 aliphatic carbocycles. The number of aromatic nitrogens is 2. The number of nitrogens with two attached hydrogens (primary N) is 1. The van der Waals surface area contributed by atoms with Crippen molar-refractivity contribution in [3.8, 4) is 0 Å². The molecule has 2 fully saturated rings. The van der Waals surface area contributed by atoms with E-state index in [-0.39, 0.29) is 43.6 Å². The highest BCUT2D eigenvalue weighted by Crippen LogP contribution is 2.50. The van der Waals surface area contributed by atoms with Crippen LogP contribution >= 0.6 is 0 Å². The lowest BCUT2D eigenvalue weighted by Gasteiger charge is -2.42. The molecule has 0 spiro atoms. The van der Waals surface area contributed by atoms with Crippen molar-refractivity contribution in [1.82, 2.24) is 14.7 Å². The number of aliphatic hydroxyl groups is 1. The highest BCUT2D eigenvalue weighted by Gasteiger charge is 2.66. The molecule has 1 aromatic rings. The number of hydrogen-bond donors (Lipinski definition) is 2. The fourth-order valence-corrected chi connectivity index (χ4v) is 6.57. The van der Waals surface area contributed by atoms with Crippen LogP contribution in [0.5, 0.6) is 0 Å². The van der Waals surface area contributed by atoms with Crippen LogP contribution in [-0.4, -0.2) is 82.4 Å². The van der Waals surface area contributed by atoms with E-state index in [2.05, 4.69) is 5.10 Å². The molecule has 2 aliphatic heterocycles. The molecule has 2 amide bonds. The first kappa shape index (κ1) is 18.4. The Kier molecular flexibility index (Phi) is 3.92. The average Bonchev–Trinajstić information content (AvgIpc) is 3.27. The first-order chi connectivity index (χ1) is 12.7. The third-order valence-corrected chi connectivity index (χ3v) is 9.13. The second-order valence-electron chi connectivity index (χ2n) is 7.66. The lowest BCUT2D eigenvalue weighted by atomic mass is 10.0. The lowest BCUT2D eigenvalue weighted by Crippen LogP contribution is -2.63. The number of hydrogen-bond acceptors (Lipinski definition) is 7. The van der Waals surface area contributed by atoms with Crippen LogP contribution in [0.25, 0.3) is 0 Å². The van der Waals surface area contributed by atoms with Gasteiger partial charge in [0.1, 0.15) is 10.4 Å². The van der Waals surface area contributed by atoms with E-state index in [9.17, 15) is 23.1 Å². The summed E-state index contributed by atoms with van der Waals surface area (Å²) in [5, 5.41) is 13.7. The maximum atomic E-state index is 13.2. The van der Waals surface area contributed by atoms with E-state index in [4.69, 9.17) is 10.5 Å². The van der Waals surface area contributed by atoms with Gasteiger partial charge in [0.15, 0.2) is 15.5 Å². The van der Waals surface area contributed by atoms with Gasteiger partial charge in [-0.3, -0.25) is 14.3 Å². The van der Waals surface area contributed by atoms with Crippen LogP contribution in [-0.2, 0) is 28.0 Å². The van der Waals surface area contributed by atoms with Crippen LogP contribution in [0.3, 0.4) is 0 Å². The number of rotatable bonds is 6. The first-order valence-electron chi connectivity index (χ1n) is 8.76. The Balaban J connectivity index is 1.61. The first-order valence-corrected chi connectivity index (χ1v) is 10.2. The van der Waals surface area contributed by atoms with Gasteiger partial charge in [-0.2, -0.15) is 5.10 Å². The van der Waals surface area contributed by atoms with Crippen LogP contribution in [0, 0.1) is 0 Å². The maximum absolute atomic E-state index is 13.2.